The molecule has 0 saturated carbocycles. The first kappa shape index (κ1) is 15.6. The summed E-state index contributed by atoms with van der Waals surface area (Å²) in [5.74, 6) is -1.41. The summed E-state index contributed by atoms with van der Waals surface area (Å²) in [6, 6.07) is 14.4. The normalized spacial score (nSPS) is 10.0. The van der Waals surface area contributed by atoms with Crippen LogP contribution >= 0.6 is 27.7 Å². The second-order valence-corrected chi connectivity index (χ2v) is 5.95. The van der Waals surface area contributed by atoms with E-state index in [-0.39, 0.29) is 0 Å². The Hall–Kier alpha value is -1.79. The third kappa shape index (κ3) is 4.61. The molecule has 0 aliphatic rings. The van der Waals surface area contributed by atoms with Crippen LogP contribution in [-0.2, 0) is 9.59 Å². The quantitative estimate of drug-likeness (QED) is 0.644. The van der Waals surface area contributed by atoms with Crippen molar-refractivity contribution in [2.75, 3.05) is 16.9 Å². The minimum absolute atomic E-state index is 0.558. The number of benzene rings is 2. The topological polar surface area (TPSA) is 58.2 Å². The van der Waals surface area contributed by atoms with Crippen molar-refractivity contribution in [3.8, 4) is 0 Å². The standard InChI is InChI=1S/C15H13BrN2O2S/c1-21-13-7-3-6-12(9-13)18-15(20)14(19)17-11-5-2-4-10(16)8-11/h2-9H,1H3,(H,17,19)(H,18,20). The van der Waals surface area contributed by atoms with E-state index in [1.54, 1.807) is 36.0 Å². The Labute approximate surface area is 135 Å². The van der Waals surface area contributed by atoms with Crippen LogP contribution < -0.4 is 10.6 Å². The summed E-state index contributed by atoms with van der Waals surface area (Å²) >= 11 is 4.87. The van der Waals surface area contributed by atoms with Crippen LogP contribution in [0.15, 0.2) is 57.9 Å². The highest BCUT2D eigenvalue weighted by atomic mass is 79.9. The smallest absolute Gasteiger partial charge is 0.314 e. The lowest BCUT2D eigenvalue weighted by Gasteiger charge is -2.07. The van der Waals surface area contributed by atoms with Crippen molar-refractivity contribution in [2.24, 2.45) is 0 Å². The van der Waals surface area contributed by atoms with Crippen molar-refractivity contribution in [3.05, 3.63) is 53.0 Å². The third-order valence-corrected chi connectivity index (χ3v) is 3.83. The van der Waals surface area contributed by atoms with Gasteiger partial charge in [-0.15, -0.1) is 11.8 Å². The average Bonchev–Trinajstić information content (AvgIpc) is 2.47. The molecule has 2 amide bonds. The summed E-state index contributed by atoms with van der Waals surface area (Å²) in [6.45, 7) is 0. The molecule has 0 spiro atoms. The predicted molar refractivity (Wildman–Crippen MR) is 89.6 cm³/mol. The van der Waals surface area contributed by atoms with Crippen molar-refractivity contribution in [1.82, 2.24) is 0 Å². The van der Waals surface area contributed by atoms with Crippen LogP contribution in [0.3, 0.4) is 0 Å². The van der Waals surface area contributed by atoms with Crippen molar-refractivity contribution < 1.29 is 9.59 Å². The first-order chi connectivity index (χ1) is 10.1. The predicted octanol–water partition coefficient (Wildman–Crippen LogP) is 3.75. The summed E-state index contributed by atoms with van der Waals surface area (Å²) in [6.07, 6.45) is 1.95. The van der Waals surface area contributed by atoms with E-state index < -0.39 is 11.8 Å². The number of rotatable bonds is 3. The highest BCUT2D eigenvalue weighted by Gasteiger charge is 2.14. The van der Waals surface area contributed by atoms with Crippen molar-refractivity contribution in [1.29, 1.82) is 0 Å². The number of halogens is 1. The van der Waals surface area contributed by atoms with Gasteiger partial charge in [0.1, 0.15) is 0 Å². The second kappa shape index (κ2) is 7.28. The van der Waals surface area contributed by atoms with Gasteiger partial charge in [0.05, 0.1) is 0 Å². The van der Waals surface area contributed by atoms with E-state index in [0.29, 0.717) is 11.4 Å². The van der Waals surface area contributed by atoms with Gasteiger partial charge in [-0.1, -0.05) is 28.1 Å². The fourth-order valence-corrected chi connectivity index (χ4v) is 2.50. The molecule has 0 saturated heterocycles. The van der Waals surface area contributed by atoms with Crippen LogP contribution in [0.5, 0.6) is 0 Å². The van der Waals surface area contributed by atoms with Crippen molar-refractivity contribution in [2.45, 2.75) is 4.90 Å². The Morgan fingerprint density at radius 1 is 0.952 bits per heavy atom. The van der Waals surface area contributed by atoms with Crippen LogP contribution in [0.25, 0.3) is 0 Å². The molecule has 0 unspecified atom stereocenters. The number of hydrogen-bond donors (Lipinski definition) is 2. The first-order valence-corrected chi connectivity index (χ1v) is 8.12. The number of carbonyl (C=O) groups excluding carboxylic acids is 2. The molecule has 0 aliphatic carbocycles. The zero-order valence-electron chi connectivity index (χ0n) is 11.2. The van der Waals surface area contributed by atoms with Crippen LogP contribution in [0.2, 0.25) is 0 Å². The fourth-order valence-electron chi connectivity index (χ4n) is 1.64. The van der Waals surface area contributed by atoms with Crippen molar-refractivity contribution in [3.63, 3.8) is 0 Å². The van der Waals surface area contributed by atoms with Gasteiger partial charge in [-0.2, -0.15) is 0 Å². The van der Waals surface area contributed by atoms with E-state index in [2.05, 4.69) is 26.6 Å². The van der Waals surface area contributed by atoms with Gasteiger partial charge in [0.25, 0.3) is 0 Å². The van der Waals surface area contributed by atoms with Crippen LogP contribution in [0.1, 0.15) is 0 Å². The molecule has 0 aliphatic heterocycles. The molecule has 0 bridgehead atoms. The highest BCUT2D eigenvalue weighted by molar-refractivity contribution is 9.10. The van der Waals surface area contributed by atoms with Gasteiger partial charge in [-0.05, 0) is 42.7 Å². The average molecular weight is 365 g/mol. The molecule has 6 heteroatoms. The van der Waals surface area contributed by atoms with E-state index in [4.69, 9.17) is 0 Å². The summed E-state index contributed by atoms with van der Waals surface area (Å²) in [5, 5.41) is 5.12. The molecule has 0 fully saturated rings. The van der Waals surface area contributed by atoms with Gasteiger partial charge < -0.3 is 10.6 Å². The lowest BCUT2D eigenvalue weighted by Crippen LogP contribution is -2.29. The molecule has 0 aromatic heterocycles. The fraction of sp³-hybridized carbons (Fsp3) is 0.0667. The van der Waals surface area contributed by atoms with E-state index in [1.165, 1.54) is 0 Å². The molecular weight excluding hydrogens is 352 g/mol. The Morgan fingerprint density at radius 2 is 1.52 bits per heavy atom. The number of amides is 2. The van der Waals surface area contributed by atoms with Crippen LogP contribution in [0, 0.1) is 0 Å². The Kier molecular flexibility index (Phi) is 5.41. The Bertz CT molecular complexity index is 676. The number of thioether (sulfide) groups is 1. The van der Waals surface area contributed by atoms with Gasteiger partial charge >= 0.3 is 11.8 Å². The molecule has 0 radical (unpaired) electrons. The summed E-state index contributed by atoms with van der Waals surface area (Å²) in [5.41, 5.74) is 1.15. The van der Waals surface area contributed by atoms with Gasteiger partial charge in [-0.3, -0.25) is 9.59 Å². The zero-order chi connectivity index (χ0) is 15.2. The van der Waals surface area contributed by atoms with Gasteiger partial charge in [-0.25, -0.2) is 0 Å². The zero-order valence-corrected chi connectivity index (χ0v) is 13.6. The maximum Gasteiger partial charge on any atom is 0.314 e. The Balaban J connectivity index is 2.01. The molecule has 108 valence electrons. The molecule has 2 aromatic carbocycles. The van der Waals surface area contributed by atoms with E-state index in [1.807, 2.05) is 30.5 Å². The van der Waals surface area contributed by atoms with Crippen molar-refractivity contribution >= 4 is 50.9 Å². The van der Waals surface area contributed by atoms with E-state index in [9.17, 15) is 9.59 Å². The van der Waals surface area contributed by atoms with Gasteiger partial charge in [0.15, 0.2) is 0 Å². The number of hydrogen-bond acceptors (Lipinski definition) is 3. The minimum Gasteiger partial charge on any atom is -0.318 e. The van der Waals surface area contributed by atoms with Crippen LogP contribution in [0.4, 0.5) is 11.4 Å². The lowest BCUT2D eigenvalue weighted by molar-refractivity contribution is -0.133. The highest BCUT2D eigenvalue weighted by Crippen LogP contribution is 2.19. The lowest BCUT2D eigenvalue weighted by atomic mass is 10.3. The molecule has 2 rings (SSSR count). The third-order valence-electron chi connectivity index (χ3n) is 2.62. The van der Waals surface area contributed by atoms with Crippen LogP contribution in [-0.4, -0.2) is 18.1 Å². The maximum absolute atomic E-state index is 11.9. The SMILES string of the molecule is CSc1cccc(NC(=O)C(=O)Nc2cccc(Br)c2)c1. The first-order valence-electron chi connectivity index (χ1n) is 6.10. The number of carbonyl (C=O) groups is 2. The molecule has 0 heterocycles. The molecule has 21 heavy (non-hydrogen) atoms. The molecule has 2 N–H and O–H groups in total. The molecular formula is C15H13BrN2O2S. The summed E-state index contributed by atoms with van der Waals surface area (Å²) < 4.78 is 0.827. The largest absolute Gasteiger partial charge is 0.318 e. The summed E-state index contributed by atoms with van der Waals surface area (Å²) in [7, 11) is 0. The van der Waals surface area contributed by atoms with Gasteiger partial charge in [0, 0.05) is 20.7 Å². The molecule has 4 nitrogen and oxygen atoms in total. The second-order valence-electron chi connectivity index (χ2n) is 4.15. The van der Waals surface area contributed by atoms with E-state index >= 15 is 0 Å². The summed E-state index contributed by atoms with van der Waals surface area (Å²) in [4.78, 5) is 24.7. The maximum atomic E-state index is 11.9. The Morgan fingerprint density at radius 3 is 2.10 bits per heavy atom. The van der Waals surface area contributed by atoms with Gasteiger partial charge in [0.2, 0.25) is 0 Å². The van der Waals surface area contributed by atoms with E-state index in [0.717, 1.165) is 9.37 Å². The number of nitrogens with one attached hydrogen (secondary N) is 2. The monoisotopic (exact) mass is 364 g/mol. The molecule has 0 atom stereocenters. The number of anilines is 2. The molecule has 2 aromatic rings. The minimum atomic E-state index is -0.706.